The molecule has 1 aliphatic rings. The van der Waals surface area contributed by atoms with Crippen molar-refractivity contribution in [3.63, 3.8) is 0 Å². The zero-order valence-electron chi connectivity index (χ0n) is 17.0. The van der Waals surface area contributed by atoms with Crippen LogP contribution in [0.4, 0.5) is 0 Å². The van der Waals surface area contributed by atoms with E-state index in [4.69, 9.17) is 9.15 Å². The van der Waals surface area contributed by atoms with Crippen LogP contribution in [0.1, 0.15) is 63.9 Å². The highest BCUT2D eigenvalue weighted by molar-refractivity contribution is 6.10. The minimum atomic E-state index is -1.76. The predicted molar refractivity (Wildman–Crippen MR) is 103 cm³/mol. The smallest absolute Gasteiger partial charge is 0.345 e. The summed E-state index contributed by atoms with van der Waals surface area (Å²) in [6, 6.07) is 5.09. The van der Waals surface area contributed by atoms with Gasteiger partial charge in [-0.1, -0.05) is 32.9 Å². The molecule has 0 spiro atoms. The molecule has 0 saturated heterocycles. The van der Waals surface area contributed by atoms with Crippen molar-refractivity contribution in [2.45, 2.75) is 59.2 Å². The third-order valence-electron chi connectivity index (χ3n) is 5.01. The largest absolute Gasteiger partial charge is 0.493 e. The number of ether oxygens (including phenoxy) is 1. The second-order valence-corrected chi connectivity index (χ2v) is 9.19. The van der Waals surface area contributed by atoms with Crippen LogP contribution in [0.2, 0.25) is 0 Å². The summed E-state index contributed by atoms with van der Waals surface area (Å²) in [6.45, 7) is 11.5. The number of hydrogen-bond donors (Lipinski definition) is 1. The third-order valence-corrected chi connectivity index (χ3v) is 5.01. The van der Waals surface area contributed by atoms with Gasteiger partial charge in [0.05, 0.1) is 12.7 Å². The summed E-state index contributed by atoms with van der Waals surface area (Å²) in [6.07, 6.45) is 0.641. The Morgan fingerprint density at radius 2 is 1.81 bits per heavy atom. The van der Waals surface area contributed by atoms with Crippen LogP contribution in [0.15, 0.2) is 27.4 Å². The zero-order valence-corrected chi connectivity index (χ0v) is 17.0. The monoisotopic (exact) mass is 373 g/mol. The number of hydrogen-bond acceptors (Lipinski definition) is 5. The van der Waals surface area contributed by atoms with Gasteiger partial charge in [-0.05, 0) is 38.7 Å². The van der Waals surface area contributed by atoms with Crippen LogP contribution >= 0.6 is 0 Å². The molecule has 0 bridgehead atoms. The normalized spacial score (nSPS) is 20.3. The zero-order chi connectivity index (χ0) is 20.4. The molecule has 0 aliphatic carbocycles. The lowest BCUT2D eigenvalue weighted by Gasteiger charge is -2.45. The first-order valence-electron chi connectivity index (χ1n) is 9.02. The van der Waals surface area contributed by atoms with Crippen LogP contribution < -0.4 is 10.4 Å². The van der Waals surface area contributed by atoms with Gasteiger partial charge in [0, 0.05) is 10.9 Å². The van der Waals surface area contributed by atoms with Crippen molar-refractivity contribution < 1.29 is 19.1 Å². The van der Waals surface area contributed by atoms with Gasteiger partial charge in [-0.25, -0.2) is 4.79 Å². The van der Waals surface area contributed by atoms with E-state index < -0.39 is 16.9 Å². The van der Waals surface area contributed by atoms with Crippen LogP contribution in [0.25, 0.3) is 11.0 Å². The Morgan fingerprint density at radius 3 is 2.37 bits per heavy atom. The van der Waals surface area contributed by atoms with Crippen molar-refractivity contribution in [3.8, 4) is 5.75 Å². The molecular weight excluding hydrogens is 346 g/mol. The molecule has 1 atom stereocenters. The van der Waals surface area contributed by atoms with Gasteiger partial charge in [-0.15, -0.1) is 0 Å². The number of amides is 1. The molecule has 1 aromatic carbocycles. The molecule has 146 valence electrons. The average molecular weight is 373 g/mol. The quantitative estimate of drug-likeness (QED) is 0.831. The number of aliphatic hydroxyl groups is 1. The molecule has 6 heteroatoms. The molecule has 27 heavy (non-hydrogen) atoms. The Kier molecular flexibility index (Phi) is 4.19. The number of methoxy groups -OCH3 is 1. The number of para-hydroxylation sites is 1. The minimum Gasteiger partial charge on any atom is -0.493 e. The van der Waals surface area contributed by atoms with Crippen molar-refractivity contribution >= 4 is 16.9 Å². The SMILES string of the molecule is COc1cccc2c3c(c(=O)oc12)C(C)(O)N(C(C)(C)CC(C)(C)C)C3=O. The van der Waals surface area contributed by atoms with E-state index in [0.717, 1.165) is 0 Å². The van der Waals surface area contributed by atoms with Gasteiger partial charge < -0.3 is 19.2 Å². The third kappa shape index (κ3) is 2.92. The highest BCUT2D eigenvalue weighted by Gasteiger charge is 2.54. The summed E-state index contributed by atoms with van der Waals surface area (Å²) < 4.78 is 10.7. The lowest BCUT2D eigenvalue weighted by Crippen LogP contribution is -2.55. The first kappa shape index (κ1) is 19.4. The number of benzene rings is 1. The molecule has 1 aliphatic heterocycles. The average Bonchev–Trinajstić information content (AvgIpc) is 2.72. The standard InChI is InChI=1S/C21H27NO5/c1-19(2,3)11-20(4,5)22-17(23)14-12-9-8-10-13(26-7)16(12)27-18(24)15(14)21(22,6)25/h8-10,25H,11H2,1-7H3. The summed E-state index contributed by atoms with van der Waals surface area (Å²) in [7, 11) is 1.47. The maximum absolute atomic E-state index is 13.5. The lowest BCUT2D eigenvalue weighted by atomic mass is 9.80. The van der Waals surface area contributed by atoms with Gasteiger partial charge in [0.25, 0.3) is 5.91 Å². The van der Waals surface area contributed by atoms with E-state index in [9.17, 15) is 14.7 Å². The maximum Gasteiger partial charge on any atom is 0.345 e. The first-order valence-corrected chi connectivity index (χ1v) is 9.02. The topological polar surface area (TPSA) is 80.0 Å². The van der Waals surface area contributed by atoms with Gasteiger partial charge in [0.1, 0.15) is 5.56 Å². The Bertz CT molecular complexity index is 978. The van der Waals surface area contributed by atoms with Crippen LogP contribution in [-0.4, -0.2) is 28.6 Å². The molecule has 1 aromatic heterocycles. The van der Waals surface area contributed by atoms with E-state index in [1.54, 1.807) is 18.2 Å². The molecule has 0 fully saturated rings. The lowest BCUT2D eigenvalue weighted by molar-refractivity contribution is -0.117. The van der Waals surface area contributed by atoms with E-state index in [2.05, 4.69) is 20.8 Å². The molecule has 0 radical (unpaired) electrons. The summed E-state index contributed by atoms with van der Waals surface area (Å²) in [5, 5.41) is 11.8. The molecule has 6 nitrogen and oxygen atoms in total. The fraction of sp³-hybridized carbons (Fsp3) is 0.524. The van der Waals surface area contributed by atoms with Gasteiger partial charge in [-0.3, -0.25) is 4.79 Å². The molecule has 3 rings (SSSR count). The van der Waals surface area contributed by atoms with Crippen molar-refractivity contribution in [1.29, 1.82) is 0 Å². The Morgan fingerprint density at radius 1 is 1.19 bits per heavy atom. The van der Waals surface area contributed by atoms with Crippen molar-refractivity contribution in [1.82, 2.24) is 4.90 Å². The Labute approximate surface area is 158 Å². The summed E-state index contributed by atoms with van der Waals surface area (Å²) >= 11 is 0. The molecule has 1 amide bonds. The molecule has 2 aromatic rings. The van der Waals surface area contributed by atoms with Crippen LogP contribution in [-0.2, 0) is 5.72 Å². The van der Waals surface area contributed by atoms with Gasteiger partial charge in [-0.2, -0.15) is 0 Å². The first-order chi connectivity index (χ1) is 12.3. The number of rotatable bonds is 3. The molecular formula is C21H27NO5. The molecule has 2 heterocycles. The van der Waals surface area contributed by atoms with Crippen molar-refractivity contribution in [2.75, 3.05) is 7.11 Å². The number of fused-ring (bicyclic) bond motifs is 3. The van der Waals surface area contributed by atoms with E-state index in [1.807, 2.05) is 13.8 Å². The second-order valence-electron chi connectivity index (χ2n) is 9.19. The highest BCUT2D eigenvalue weighted by atomic mass is 16.5. The van der Waals surface area contributed by atoms with E-state index >= 15 is 0 Å². The molecule has 1 unspecified atom stereocenters. The fourth-order valence-corrected chi connectivity index (χ4v) is 4.67. The molecule has 0 saturated carbocycles. The Hall–Kier alpha value is -2.34. The van der Waals surface area contributed by atoms with Crippen molar-refractivity contribution in [3.05, 3.63) is 39.7 Å². The predicted octanol–water partition coefficient (Wildman–Crippen LogP) is 3.64. The summed E-state index contributed by atoms with van der Waals surface area (Å²) in [5.41, 5.74) is -2.88. The number of carbonyl (C=O) groups is 1. The van der Waals surface area contributed by atoms with Gasteiger partial charge in [0.15, 0.2) is 17.1 Å². The highest BCUT2D eigenvalue weighted by Crippen LogP contribution is 2.46. The van der Waals surface area contributed by atoms with Crippen LogP contribution in [0.5, 0.6) is 5.75 Å². The number of nitrogens with zero attached hydrogens (tertiary/aromatic N) is 1. The second kappa shape index (κ2) is 5.83. The minimum absolute atomic E-state index is 0.0183. The Balaban J connectivity index is 2.30. The summed E-state index contributed by atoms with van der Waals surface area (Å²) in [5.74, 6) is -0.0114. The van der Waals surface area contributed by atoms with Gasteiger partial charge in [0.2, 0.25) is 0 Å². The number of carbonyl (C=O) groups excluding carboxylic acids is 1. The van der Waals surface area contributed by atoms with Crippen molar-refractivity contribution in [2.24, 2.45) is 5.41 Å². The fourth-order valence-electron chi connectivity index (χ4n) is 4.67. The van der Waals surface area contributed by atoms with Gasteiger partial charge >= 0.3 is 5.63 Å². The van der Waals surface area contributed by atoms with E-state index in [1.165, 1.54) is 18.9 Å². The van der Waals surface area contributed by atoms with E-state index in [0.29, 0.717) is 17.6 Å². The molecule has 1 N–H and O–H groups in total. The van der Waals surface area contributed by atoms with Crippen LogP contribution in [0.3, 0.4) is 0 Å². The maximum atomic E-state index is 13.5. The van der Waals surface area contributed by atoms with E-state index in [-0.39, 0.29) is 28.0 Å². The van der Waals surface area contributed by atoms with Crippen LogP contribution in [0, 0.1) is 5.41 Å². The summed E-state index contributed by atoms with van der Waals surface area (Å²) in [4.78, 5) is 27.6.